The minimum Gasteiger partial charge on any atom is -0.370 e. The fraction of sp³-hybridized carbons (Fsp3) is 0.769. The van der Waals surface area contributed by atoms with Crippen LogP contribution in [0.3, 0.4) is 0 Å². The second kappa shape index (κ2) is 7.11. The average molecular weight is 264 g/mol. The molecule has 1 aliphatic heterocycles. The lowest BCUT2D eigenvalue weighted by molar-refractivity contribution is 0.428. The zero-order chi connectivity index (χ0) is 13.5. The van der Waals surface area contributed by atoms with Crippen molar-refractivity contribution in [1.82, 2.24) is 19.7 Å². The first-order valence-corrected chi connectivity index (χ1v) is 7.23. The van der Waals surface area contributed by atoms with Gasteiger partial charge in [0.15, 0.2) is 5.96 Å². The Morgan fingerprint density at radius 2 is 2.05 bits per heavy atom. The summed E-state index contributed by atoms with van der Waals surface area (Å²) in [6.07, 6.45) is 7.72. The van der Waals surface area contributed by atoms with Crippen LogP contribution in [0.1, 0.15) is 38.4 Å². The van der Waals surface area contributed by atoms with Gasteiger partial charge in [-0.3, -0.25) is 4.99 Å². The minimum absolute atomic E-state index is 0.688. The molecule has 0 aromatic carbocycles. The Hall–Kier alpha value is -1.59. The summed E-state index contributed by atoms with van der Waals surface area (Å²) in [6.45, 7) is 5.65. The van der Waals surface area contributed by atoms with Crippen LogP contribution in [0.2, 0.25) is 0 Å². The zero-order valence-corrected chi connectivity index (χ0v) is 11.8. The van der Waals surface area contributed by atoms with E-state index in [4.69, 9.17) is 5.73 Å². The Bertz CT molecular complexity index is 403. The number of guanidine groups is 1. The quantitative estimate of drug-likeness (QED) is 0.651. The third-order valence-corrected chi connectivity index (χ3v) is 3.56. The molecule has 2 N–H and O–H groups in total. The summed E-state index contributed by atoms with van der Waals surface area (Å²) in [6, 6.07) is 0. The van der Waals surface area contributed by atoms with E-state index >= 15 is 0 Å². The van der Waals surface area contributed by atoms with Crippen LogP contribution in [-0.2, 0) is 13.0 Å². The molecule has 0 spiro atoms. The van der Waals surface area contributed by atoms with Gasteiger partial charge in [0, 0.05) is 26.1 Å². The van der Waals surface area contributed by atoms with Gasteiger partial charge in [-0.05, 0) is 12.8 Å². The largest absolute Gasteiger partial charge is 0.370 e. The van der Waals surface area contributed by atoms with Gasteiger partial charge in [0.05, 0.1) is 6.54 Å². The van der Waals surface area contributed by atoms with Crippen molar-refractivity contribution in [3.8, 4) is 0 Å². The number of likely N-dealkylation sites (tertiary alicyclic amines) is 1. The molecule has 2 rings (SSSR count). The Morgan fingerprint density at radius 1 is 1.32 bits per heavy atom. The summed E-state index contributed by atoms with van der Waals surface area (Å²) < 4.78 is 2.04. The van der Waals surface area contributed by atoms with Crippen LogP contribution in [0, 0.1) is 0 Å². The number of hydrogen-bond donors (Lipinski definition) is 1. The van der Waals surface area contributed by atoms with E-state index in [1.165, 1.54) is 25.7 Å². The second-order valence-electron chi connectivity index (χ2n) is 4.94. The van der Waals surface area contributed by atoms with E-state index in [9.17, 15) is 0 Å². The van der Waals surface area contributed by atoms with E-state index in [0.717, 1.165) is 31.9 Å². The lowest BCUT2D eigenvalue weighted by Gasteiger charge is -2.21. The molecule has 0 bridgehead atoms. The van der Waals surface area contributed by atoms with Crippen molar-refractivity contribution < 1.29 is 0 Å². The standard InChI is InChI=1S/C13H24N6/c1-2-12-17-16-11-19(12)10-7-15-13(14)18-8-5-3-4-6-9-18/h11H,2-10H2,1H3,(H2,14,15). The highest BCUT2D eigenvalue weighted by Gasteiger charge is 2.10. The Kier molecular flexibility index (Phi) is 5.18. The summed E-state index contributed by atoms with van der Waals surface area (Å²) in [5.74, 6) is 1.69. The van der Waals surface area contributed by atoms with Gasteiger partial charge in [-0.2, -0.15) is 0 Å². The number of nitrogens with zero attached hydrogens (tertiary/aromatic N) is 5. The molecule has 19 heavy (non-hydrogen) atoms. The molecule has 1 saturated heterocycles. The van der Waals surface area contributed by atoms with Crippen molar-refractivity contribution in [1.29, 1.82) is 0 Å². The molecule has 2 heterocycles. The van der Waals surface area contributed by atoms with Crippen LogP contribution < -0.4 is 5.73 Å². The molecular weight excluding hydrogens is 240 g/mol. The van der Waals surface area contributed by atoms with E-state index in [1.807, 2.05) is 4.57 Å². The number of hydrogen-bond acceptors (Lipinski definition) is 3. The van der Waals surface area contributed by atoms with Crippen molar-refractivity contribution in [3.63, 3.8) is 0 Å². The zero-order valence-electron chi connectivity index (χ0n) is 11.8. The maximum absolute atomic E-state index is 6.06. The van der Waals surface area contributed by atoms with E-state index < -0.39 is 0 Å². The average Bonchev–Trinajstić information content (AvgIpc) is 2.70. The summed E-state index contributed by atoms with van der Waals surface area (Å²) in [4.78, 5) is 6.69. The Balaban J connectivity index is 1.84. The van der Waals surface area contributed by atoms with Gasteiger partial charge in [0.2, 0.25) is 0 Å². The first-order valence-electron chi connectivity index (χ1n) is 7.23. The SMILES string of the molecule is CCc1nncn1CCN=C(N)N1CCCCCC1. The highest BCUT2D eigenvalue weighted by molar-refractivity contribution is 5.78. The van der Waals surface area contributed by atoms with Gasteiger partial charge in [-0.1, -0.05) is 19.8 Å². The Labute approximate surface area is 114 Å². The molecule has 0 aliphatic carbocycles. The highest BCUT2D eigenvalue weighted by atomic mass is 15.3. The minimum atomic E-state index is 0.688. The van der Waals surface area contributed by atoms with Gasteiger partial charge in [0.25, 0.3) is 0 Å². The summed E-state index contributed by atoms with van der Waals surface area (Å²) in [5.41, 5.74) is 6.06. The first-order chi connectivity index (χ1) is 9.31. The smallest absolute Gasteiger partial charge is 0.191 e. The number of aromatic nitrogens is 3. The predicted molar refractivity (Wildman–Crippen MR) is 75.9 cm³/mol. The molecule has 0 unspecified atom stereocenters. The normalized spacial score (nSPS) is 17.5. The molecule has 0 radical (unpaired) electrons. The monoisotopic (exact) mass is 264 g/mol. The van der Waals surface area contributed by atoms with Crippen LogP contribution in [0.4, 0.5) is 0 Å². The van der Waals surface area contributed by atoms with Crippen molar-refractivity contribution in [2.24, 2.45) is 10.7 Å². The van der Waals surface area contributed by atoms with E-state index in [-0.39, 0.29) is 0 Å². The molecule has 1 aromatic heterocycles. The number of aryl methyl sites for hydroxylation is 1. The third kappa shape index (κ3) is 3.94. The van der Waals surface area contributed by atoms with Crippen molar-refractivity contribution in [3.05, 3.63) is 12.2 Å². The number of rotatable bonds is 4. The molecular formula is C13H24N6. The van der Waals surface area contributed by atoms with Crippen LogP contribution in [0.15, 0.2) is 11.3 Å². The van der Waals surface area contributed by atoms with E-state index in [2.05, 4.69) is 27.0 Å². The lowest BCUT2D eigenvalue weighted by Crippen LogP contribution is -2.38. The van der Waals surface area contributed by atoms with Crippen molar-refractivity contribution >= 4 is 5.96 Å². The van der Waals surface area contributed by atoms with Gasteiger partial charge in [-0.25, -0.2) is 0 Å². The van der Waals surface area contributed by atoms with Gasteiger partial charge >= 0.3 is 0 Å². The topological polar surface area (TPSA) is 72.3 Å². The summed E-state index contributed by atoms with van der Waals surface area (Å²) in [5, 5.41) is 7.97. The fourth-order valence-electron chi connectivity index (χ4n) is 2.41. The maximum Gasteiger partial charge on any atom is 0.191 e. The molecule has 6 nitrogen and oxygen atoms in total. The van der Waals surface area contributed by atoms with Crippen LogP contribution in [-0.4, -0.2) is 45.3 Å². The number of nitrogens with two attached hydrogens (primary N) is 1. The molecule has 106 valence electrons. The van der Waals surface area contributed by atoms with Crippen LogP contribution in [0.25, 0.3) is 0 Å². The van der Waals surface area contributed by atoms with E-state index in [0.29, 0.717) is 12.5 Å². The van der Waals surface area contributed by atoms with Crippen molar-refractivity contribution in [2.45, 2.75) is 45.6 Å². The van der Waals surface area contributed by atoms with E-state index in [1.54, 1.807) is 6.33 Å². The maximum atomic E-state index is 6.06. The lowest BCUT2D eigenvalue weighted by atomic mass is 10.2. The Morgan fingerprint density at radius 3 is 2.74 bits per heavy atom. The van der Waals surface area contributed by atoms with Crippen LogP contribution in [0.5, 0.6) is 0 Å². The van der Waals surface area contributed by atoms with Gasteiger partial charge in [0.1, 0.15) is 12.2 Å². The third-order valence-electron chi connectivity index (χ3n) is 3.56. The summed E-state index contributed by atoms with van der Waals surface area (Å²) in [7, 11) is 0. The molecule has 6 heteroatoms. The fourth-order valence-corrected chi connectivity index (χ4v) is 2.41. The summed E-state index contributed by atoms with van der Waals surface area (Å²) >= 11 is 0. The number of aliphatic imine (C=N–C) groups is 1. The highest BCUT2D eigenvalue weighted by Crippen LogP contribution is 2.09. The molecule has 0 saturated carbocycles. The second-order valence-corrected chi connectivity index (χ2v) is 4.94. The first kappa shape index (κ1) is 13.8. The van der Waals surface area contributed by atoms with Crippen LogP contribution >= 0.6 is 0 Å². The van der Waals surface area contributed by atoms with Crippen molar-refractivity contribution in [2.75, 3.05) is 19.6 Å². The predicted octanol–water partition coefficient (Wildman–Crippen LogP) is 1.03. The molecule has 1 aromatic rings. The van der Waals surface area contributed by atoms with Gasteiger partial charge in [-0.15, -0.1) is 10.2 Å². The molecule has 0 atom stereocenters. The molecule has 0 amide bonds. The molecule has 1 aliphatic rings. The van der Waals surface area contributed by atoms with Gasteiger partial charge < -0.3 is 15.2 Å². The molecule has 1 fully saturated rings.